The quantitative estimate of drug-likeness (QED) is 0.865. The third-order valence-corrected chi connectivity index (χ3v) is 5.01. The van der Waals surface area contributed by atoms with Crippen LogP contribution >= 0.6 is 0 Å². The van der Waals surface area contributed by atoms with Crippen molar-refractivity contribution in [3.8, 4) is 0 Å². The van der Waals surface area contributed by atoms with E-state index >= 15 is 0 Å². The van der Waals surface area contributed by atoms with Crippen LogP contribution in [0, 0.1) is 0 Å². The lowest BCUT2D eigenvalue weighted by molar-refractivity contribution is 0.0735. The first-order valence-corrected chi connectivity index (χ1v) is 8.83. The molecule has 0 radical (unpaired) electrons. The maximum atomic E-state index is 13.0. The maximum absolute atomic E-state index is 13.0. The van der Waals surface area contributed by atoms with E-state index in [-0.39, 0.29) is 11.9 Å². The number of hydrogen-bond donors (Lipinski definition) is 0. The fraction of sp³-hybridized carbons (Fsp3) is 0.421. The molecular formula is C19H23N5O. The second kappa shape index (κ2) is 6.35. The number of benzene rings is 1. The summed E-state index contributed by atoms with van der Waals surface area (Å²) in [6.45, 7) is 3.76. The van der Waals surface area contributed by atoms with Gasteiger partial charge in [-0.1, -0.05) is 0 Å². The van der Waals surface area contributed by atoms with Crippen LogP contribution in [0.4, 0.5) is 5.69 Å². The van der Waals surface area contributed by atoms with E-state index in [4.69, 9.17) is 0 Å². The molecule has 1 aromatic heterocycles. The molecule has 0 aliphatic carbocycles. The van der Waals surface area contributed by atoms with Crippen molar-refractivity contribution in [2.45, 2.75) is 32.2 Å². The molecule has 1 saturated heterocycles. The smallest absolute Gasteiger partial charge is 0.254 e. The van der Waals surface area contributed by atoms with Crippen molar-refractivity contribution in [2.75, 3.05) is 18.1 Å². The average molecular weight is 337 g/mol. The van der Waals surface area contributed by atoms with Gasteiger partial charge in [0.1, 0.15) is 0 Å². The van der Waals surface area contributed by atoms with Crippen LogP contribution < -0.4 is 5.01 Å². The SMILES string of the molecule is CC1=NN(c2ccc(C(=O)N3CCC[C@@H]3c3cnn(C)c3)cc2)CC1. The highest BCUT2D eigenvalue weighted by molar-refractivity contribution is 5.95. The highest BCUT2D eigenvalue weighted by Crippen LogP contribution is 2.33. The first-order valence-electron chi connectivity index (χ1n) is 8.83. The van der Waals surface area contributed by atoms with Gasteiger partial charge in [0.15, 0.2) is 0 Å². The summed E-state index contributed by atoms with van der Waals surface area (Å²) in [4.78, 5) is 15.0. The first kappa shape index (κ1) is 15.9. The maximum Gasteiger partial charge on any atom is 0.254 e. The molecule has 2 aliphatic heterocycles. The molecule has 6 heteroatoms. The van der Waals surface area contributed by atoms with Crippen LogP contribution in [0.5, 0.6) is 0 Å². The Labute approximate surface area is 147 Å². The van der Waals surface area contributed by atoms with Crippen LogP contribution in [0.3, 0.4) is 0 Å². The average Bonchev–Trinajstić information content (AvgIpc) is 3.34. The lowest BCUT2D eigenvalue weighted by Gasteiger charge is -2.24. The molecule has 3 heterocycles. The van der Waals surface area contributed by atoms with Crippen molar-refractivity contribution < 1.29 is 4.79 Å². The summed E-state index contributed by atoms with van der Waals surface area (Å²) in [6.07, 6.45) is 6.91. The van der Waals surface area contributed by atoms with Gasteiger partial charge >= 0.3 is 0 Å². The lowest BCUT2D eigenvalue weighted by atomic mass is 10.1. The Morgan fingerprint density at radius 2 is 2.00 bits per heavy atom. The zero-order valence-electron chi connectivity index (χ0n) is 14.7. The van der Waals surface area contributed by atoms with Gasteiger partial charge in [0.25, 0.3) is 5.91 Å². The van der Waals surface area contributed by atoms with Crippen LogP contribution in [0.1, 0.15) is 48.1 Å². The van der Waals surface area contributed by atoms with Crippen LogP contribution in [-0.2, 0) is 7.05 Å². The van der Waals surface area contributed by atoms with Gasteiger partial charge in [-0.3, -0.25) is 14.5 Å². The summed E-state index contributed by atoms with van der Waals surface area (Å²) in [6, 6.07) is 7.94. The lowest BCUT2D eigenvalue weighted by Crippen LogP contribution is -2.30. The van der Waals surface area contributed by atoms with Crippen molar-refractivity contribution in [1.82, 2.24) is 14.7 Å². The van der Waals surface area contributed by atoms with E-state index in [2.05, 4.69) is 10.2 Å². The summed E-state index contributed by atoms with van der Waals surface area (Å²) in [5, 5.41) is 10.8. The second-order valence-corrected chi connectivity index (χ2v) is 6.86. The molecular weight excluding hydrogens is 314 g/mol. The van der Waals surface area contributed by atoms with Crippen LogP contribution in [0.25, 0.3) is 0 Å². The molecule has 2 aromatic rings. The minimum absolute atomic E-state index is 0.0963. The van der Waals surface area contributed by atoms with E-state index in [0.717, 1.165) is 54.9 Å². The minimum Gasteiger partial charge on any atom is -0.331 e. The molecule has 1 amide bonds. The molecule has 1 aromatic carbocycles. The van der Waals surface area contributed by atoms with Gasteiger partial charge in [0.05, 0.1) is 17.9 Å². The van der Waals surface area contributed by atoms with Gasteiger partial charge in [-0.15, -0.1) is 0 Å². The van der Waals surface area contributed by atoms with Gasteiger partial charge in [-0.25, -0.2) is 0 Å². The number of rotatable bonds is 3. The Morgan fingerprint density at radius 3 is 2.64 bits per heavy atom. The largest absolute Gasteiger partial charge is 0.331 e. The van der Waals surface area contributed by atoms with Crippen molar-refractivity contribution in [3.63, 3.8) is 0 Å². The van der Waals surface area contributed by atoms with Crippen molar-refractivity contribution in [2.24, 2.45) is 12.1 Å². The van der Waals surface area contributed by atoms with Crippen LogP contribution in [0.2, 0.25) is 0 Å². The van der Waals surface area contributed by atoms with E-state index in [9.17, 15) is 4.79 Å². The number of hydrogen-bond acceptors (Lipinski definition) is 4. The van der Waals surface area contributed by atoms with E-state index in [1.807, 2.05) is 60.5 Å². The predicted octanol–water partition coefficient (Wildman–Crippen LogP) is 2.98. The van der Waals surface area contributed by atoms with Gasteiger partial charge in [-0.2, -0.15) is 10.2 Å². The number of nitrogens with zero attached hydrogens (tertiary/aromatic N) is 5. The molecule has 2 aliphatic rings. The molecule has 0 N–H and O–H groups in total. The molecule has 1 fully saturated rings. The second-order valence-electron chi connectivity index (χ2n) is 6.86. The Balaban J connectivity index is 1.52. The van der Waals surface area contributed by atoms with Gasteiger partial charge < -0.3 is 4.90 Å². The molecule has 0 spiro atoms. The number of hydrazone groups is 1. The van der Waals surface area contributed by atoms with Crippen LogP contribution in [0.15, 0.2) is 41.8 Å². The van der Waals surface area contributed by atoms with Gasteiger partial charge in [-0.05, 0) is 44.0 Å². The normalized spacial score (nSPS) is 20.2. The minimum atomic E-state index is 0.0963. The van der Waals surface area contributed by atoms with E-state index in [1.165, 1.54) is 0 Å². The monoisotopic (exact) mass is 337 g/mol. The third kappa shape index (κ3) is 3.04. The Morgan fingerprint density at radius 1 is 1.20 bits per heavy atom. The van der Waals surface area contributed by atoms with Crippen LogP contribution in [-0.4, -0.2) is 39.4 Å². The highest BCUT2D eigenvalue weighted by atomic mass is 16.2. The molecule has 130 valence electrons. The van der Waals surface area contributed by atoms with Crippen molar-refractivity contribution >= 4 is 17.3 Å². The van der Waals surface area contributed by atoms with Gasteiger partial charge in [0, 0.05) is 49.6 Å². The summed E-state index contributed by atoms with van der Waals surface area (Å²) in [5.41, 5.74) is 4.04. The molecule has 0 saturated carbocycles. The highest BCUT2D eigenvalue weighted by Gasteiger charge is 2.31. The first-order chi connectivity index (χ1) is 12.1. The number of carbonyl (C=O) groups is 1. The molecule has 4 rings (SSSR count). The molecule has 6 nitrogen and oxygen atoms in total. The van der Waals surface area contributed by atoms with Gasteiger partial charge in [0.2, 0.25) is 0 Å². The summed E-state index contributed by atoms with van der Waals surface area (Å²) < 4.78 is 1.80. The summed E-state index contributed by atoms with van der Waals surface area (Å²) in [7, 11) is 1.91. The number of amides is 1. The summed E-state index contributed by atoms with van der Waals surface area (Å²) in [5.74, 6) is 0.0963. The number of likely N-dealkylation sites (tertiary alicyclic amines) is 1. The van der Waals surface area contributed by atoms with E-state index < -0.39 is 0 Å². The summed E-state index contributed by atoms with van der Waals surface area (Å²) >= 11 is 0. The Bertz CT molecular complexity index is 807. The number of carbonyl (C=O) groups excluding carboxylic acids is 1. The zero-order chi connectivity index (χ0) is 17.4. The predicted molar refractivity (Wildman–Crippen MR) is 97.7 cm³/mol. The zero-order valence-corrected chi connectivity index (χ0v) is 14.7. The van der Waals surface area contributed by atoms with E-state index in [1.54, 1.807) is 4.68 Å². The molecule has 0 unspecified atom stereocenters. The fourth-order valence-electron chi connectivity index (χ4n) is 3.67. The topological polar surface area (TPSA) is 53.7 Å². The van der Waals surface area contributed by atoms with E-state index in [0.29, 0.717) is 0 Å². The standard InChI is InChI=1S/C19H23N5O/c1-14-9-11-24(21-14)17-7-5-15(6-8-17)19(25)23-10-3-4-18(23)16-12-20-22(2)13-16/h5-8,12-13,18H,3-4,9-11H2,1-2H3/t18-/m1/s1. The Kier molecular flexibility index (Phi) is 4.03. The number of anilines is 1. The number of aromatic nitrogens is 2. The fourth-order valence-corrected chi connectivity index (χ4v) is 3.67. The molecule has 25 heavy (non-hydrogen) atoms. The molecule has 0 bridgehead atoms. The Hall–Kier alpha value is -2.63. The van der Waals surface area contributed by atoms with Crippen molar-refractivity contribution in [3.05, 3.63) is 47.8 Å². The third-order valence-electron chi connectivity index (χ3n) is 5.01. The number of aryl methyl sites for hydroxylation is 1. The van der Waals surface area contributed by atoms with Crippen molar-refractivity contribution in [1.29, 1.82) is 0 Å². The molecule has 1 atom stereocenters.